The highest BCUT2D eigenvalue weighted by Gasteiger charge is 2.05. The Balaban J connectivity index is 2.05. The molecule has 1 aliphatic rings. The van der Waals surface area contributed by atoms with Crippen LogP contribution in [0.3, 0.4) is 0 Å². The van der Waals surface area contributed by atoms with Crippen LogP contribution in [0.5, 0.6) is 5.75 Å². The summed E-state index contributed by atoms with van der Waals surface area (Å²) in [7, 11) is 0. The molecule has 0 radical (unpaired) electrons. The van der Waals surface area contributed by atoms with Crippen LogP contribution >= 0.6 is 0 Å². The number of hydrogen-bond acceptors (Lipinski definition) is 2. The number of benzene rings is 1. The van der Waals surface area contributed by atoms with E-state index in [1.807, 2.05) is 31.2 Å². The second-order valence-corrected chi connectivity index (χ2v) is 4.70. The Labute approximate surface area is 114 Å². The summed E-state index contributed by atoms with van der Waals surface area (Å²) in [4.78, 5) is 0. The van der Waals surface area contributed by atoms with Crippen molar-refractivity contribution in [3.8, 4) is 5.75 Å². The first-order valence-corrected chi connectivity index (χ1v) is 6.69. The minimum atomic E-state index is 0.351. The van der Waals surface area contributed by atoms with Crippen LogP contribution in [-0.2, 0) is 0 Å². The Hall–Kier alpha value is -1.96. The maximum absolute atomic E-state index is 9.29. The Kier molecular flexibility index (Phi) is 4.45. The zero-order valence-corrected chi connectivity index (χ0v) is 11.5. The van der Waals surface area contributed by atoms with Gasteiger partial charge in [-0.05, 0) is 54.7 Å². The molecule has 0 bridgehead atoms. The van der Waals surface area contributed by atoms with Crippen LogP contribution in [0.2, 0.25) is 0 Å². The number of rotatable bonds is 4. The molecule has 0 fully saturated rings. The SMILES string of the molecule is CCOc1ccc(C(C)C=C2C=CC(O)=CC2)cc1. The van der Waals surface area contributed by atoms with Crippen molar-refractivity contribution in [2.75, 3.05) is 6.61 Å². The van der Waals surface area contributed by atoms with Gasteiger partial charge in [0.25, 0.3) is 0 Å². The van der Waals surface area contributed by atoms with E-state index in [1.165, 1.54) is 11.1 Å². The molecular weight excluding hydrogens is 236 g/mol. The first-order valence-electron chi connectivity index (χ1n) is 6.69. The third-order valence-corrected chi connectivity index (χ3v) is 3.20. The van der Waals surface area contributed by atoms with Gasteiger partial charge in [0.1, 0.15) is 11.5 Å². The molecule has 1 aromatic carbocycles. The normalized spacial score (nSPS) is 18.2. The Morgan fingerprint density at radius 2 is 2.00 bits per heavy atom. The highest BCUT2D eigenvalue weighted by Crippen LogP contribution is 2.24. The number of hydrogen-bond donors (Lipinski definition) is 1. The van der Waals surface area contributed by atoms with Crippen LogP contribution in [0.25, 0.3) is 0 Å². The fourth-order valence-electron chi connectivity index (χ4n) is 2.13. The van der Waals surface area contributed by atoms with Gasteiger partial charge in [0.2, 0.25) is 0 Å². The van der Waals surface area contributed by atoms with Gasteiger partial charge < -0.3 is 9.84 Å². The fourth-order valence-corrected chi connectivity index (χ4v) is 2.13. The van der Waals surface area contributed by atoms with Crippen molar-refractivity contribution in [3.05, 3.63) is 65.5 Å². The lowest BCUT2D eigenvalue weighted by Gasteiger charge is -2.11. The first kappa shape index (κ1) is 13.5. The fraction of sp³-hybridized carbons (Fsp3) is 0.294. The molecule has 2 heteroatoms. The van der Waals surface area contributed by atoms with Gasteiger partial charge in [0.05, 0.1) is 6.61 Å². The molecule has 0 spiro atoms. The maximum Gasteiger partial charge on any atom is 0.119 e. The van der Waals surface area contributed by atoms with Crippen molar-refractivity contribution in [2.45, 2.75) is 26.2 Å². The summed E-state index contributed by atoms with van der Waals surface area (Å²) < 4.78 is 5.44. The molecule has 19 heavy (non-hydrogen) atoms. The number of ether oxygens (including phenoxy) is 1. The van der Waals surface area contributed by atoms with Gasteiger partial charge in [-0.15, -0.1) is 0 Å². The van der Waals surface area contributed by atoms with Gasteiger partial charge in [0, 0.05) is 0 Å². The second-order valence-electron chi connectivity index (χ2n) is 4.70. The predicted molar refractivity (Wildman–Crippen MR) is 78.6 cm³/mol. The Morgan fingerprint density at radius 1 is 1.26 bits per heavy atom. The number of allylic oxidation sites excluding steroid dienone is 5. The highest BCUT2D eigenvalue weighted by atomic mass is 16.5. The summed E-state index contributed by atoms with van der Waals surface area (Å²) in [6, 6.07) is 8.23. The highest BCUT2D eigenvalue weighted by molar-refractivity contribution is 5.36. The Bertz CT molecular complexity index is 507. The molecule has 2 rings (SSSR count). The molecule has 1 N–H and O–H groups in total. The van der Waals surface area contributed by atoms with Gasteiger partial charge in [-0.25, -0.2) is 0 Å². The van der Waals surface area contributed by atoms with Crippen LogP contribution in [0.4, 0.5) is 0 Å². The third-order valence-electron chi connectivity index (χ3n) is 3.20. The maximum atomic E-state index is 9.29. The molecule has 0 aromatic heterocycles. The van der Waals surface area contributed by atoms with Gasteiger partial charge in [-0.1, -0.05) is 31.2 Å². The van der Waals surface area contributed by atoms with E-state index >= 15 is 0 Å². The van der Waals surface area contributed by atoms with E-state index in [0.717, 1.165) is 12.2 Å². The Morgan fingerprint density at radius 3 is 2.58 bits per heavy atom. The van der Waals surface area contributed by atoms with Crippen molar-refractivity contribution >= 4 is 0 Å². The molecule has 0 aliphatic heterocycles. The lowest BCUT2D eigenvalue weighted by molar-refractivity contribution is 0.340. The van der Waals surface area contributed by atoms with Gasteiger partial charge in [-0.3, -0.25) is 0 Å². The van der Waals surface area contributed by atoms with E-state index in [-0.39, 0.29) is 0 Å². The summed E-state index contributed by atoms with van der Waals surface area (Å²) in [5, 5.41) is 9.29. The average molecular weight is 256 g/mol. The van der Waals surface area contributed by atoms with E-state index in [4.69, 9.17) is 4.74 Å². The monoisotopic (exact) mass is 256 g/mol. The smallest absolute Gasteiger partial charge is 0.119 e. The van der Waals surface area contributed by atoms with Crippen molar-refractivity contribution in [3.63, 3.8) is 0 Å². The zero-order valence-electron chi connectivity index (χ0n) is 11.5. The van der Waals surface area contributed by atoms with E-state index < -0.39 is 0 Å². The second kappa shape index (κ2) is 6.28. The van der Waals surface area contributed by atoms with E-state index in [0.29, 0.717) is 18.3 Å². The summed E-state index contributed by atoms with van der Waals surface area (Å²) >= 11 is 0. The van der Waals surface area contributed by atoms with Gasteiger partial charge in [-0.2, -0.15) is 0 Å². The summed E-state index contributed by atoms with van der Waals surface area (Å²) in [6.45, 7) is 4.85. The quantitative estimate of drug-likeness (QED) is 0.858. The third kappa shape index (κ3) is 3.75. The van der Waals surface area contributed by atoms with Crippen molar-refractivity contribution in [1.29, 1.82) is 0 Å². The largest absolute Gasteiger partial charge is 0.508 e. The molecule has 1 unspecified atom stereocenters. The molecule has 1 aliphatic carbocycles. The molecule has 1 aromatic rings. The van der Waals surface area contributed by atoms with Crippen LogP contribution < -0.4 is 4.74 Å². The van der Waals surface area contributed by atoms with E-state index in [1.54, 1.807) is 6.08 Å². The summed E-state index contributed by atoms with van der Waals surface area (Å²) in [5.41, 5.74) is 2.50. The van der Waals surface area contributed by atoms with Crippen LogP contribution in [0.15, 0.2) is 59.9 Å². The molecule has 0 saturated heterocycles. The molecule has 0 saturated carbocycles. The standard InChI is InChI=1S/C17H20O2/c1-3-19-17-10-6-15(7-11-17)13(2)12-14-4-8-16(18)9-5-14/h4,6-13,18H,3,5H2,1-2H3. The lowest BCUT2D eigenvalue weighted by atomic mass is 9.95. The molecule has 0 amide bonds. The molecule has 0 heterocycles. The topological polar surface area (TPSA) is 29.5 Å². The first-order chi connectivity index (χ1) is 9.19. The molecular formula is C17H20O2. The number of aliphatic hydroxyl groups excluding tert-OH is 1. The van der Waals surface area contributed by atoms with Crippen LogP contribution in [0.1, 0.15) is 31.7 Å². The van der Waals surface area contributed by atoms with E-state index in [2.05, 4.69) is 25.1 Å². The lowest BCUT2D eigenvalue weighted by Crippen LogP contribution is -1.95. The van der Waals surface area contributed by atoms with Crippen LogP contribution in [-0.4, -0.2) is 11.7 Å². The van der Waals surface area contributed by atoms with E-state index in [9.17, 15) is 5.11 Å². The molecule has 1 atom stereocenters. The molecule has 100 valence electrons. The minimum absolute atomic E-state index is 0.351. The summed E-state index contributed by atoms with van der Waals surface area (Å²) in [6.07, 6.45) is 8.57. The average Bonchev–Trinajstić information content (AvgIpc) is 2.42. The number of aliphatic hydroxyl groups is 1. The van der Waals surface area contributed by atoms with Crippen LogP contribution in [0, 0.1) is 0 Å². The van der Waals surface area contributed by atoms with Crippen molar-refractivity contribution in [2.24, 2.45) is 0 Å². The zero-order chi connectivity index (χ0) is 13.7. The molecule has 2 nitrogen and oxygen atoms in total. The van der Waals surface area contributed by atoms with Crippen molar-refractivity contribution in [1.82, 2.24) is 0 Å². The van der Waals surface area contributed by atoms with Gasteiger partial charge >= 0.3 is 0 Å². The van der Waals surface area contributed by atoms with Gasteiger partial charge in [0.15, 0.2) is 0 Å². The minimum Gasteiger partial charge on any atom is -0.508 e. The summed E-state index contributed by atoms with van der Waals surface area (Å²) in [5.74, 6) is 1.62. The van der Waals surface area contributed by atoms with Crippen molar-refractivity contribution < 1.29 is 9.84 Å². The predicted octanol–water partition coefficient (Wildman–Crippen LogP) is 4.52.